The molecule has 1 atom stereocenters. The minimum atomic E-state index is 0.331. The summed E-state index contributed by atoms with van der Waals surface area (Å²) in [7, 11) is 1.67. The van der Waals surface area contributed by atoms with Crippen LogP contribution in [0, 0.1) is 0 Å². The normalized spacial score (nSPS) is 12.5. The van der Waals surface area contributed by atoms with Gasteiger partial charge in [-0.05, 0) is 18.7 Å². The Balaban J connectivity index is 2.11. The van der Waals surface area contributed by atoms with Gasteiger partial charge in [0.15, 0.2) is 5.82 Å². The third kappa shape index (κ3) is 3.71. The lowest BCUT2D eigenvalue weighted by molar-refractivity contribution is 0.178. The van der Waals surface area contributed by atoms with E-state index in [1.165, 1.54) is 11.1 Å². The van der Waals surface area contributed by atoms with E-state index in [-0.39, 0.29) is 0 Å². The van der Waals surface area contributed by atoms with E-state index >= 15 is 0 Å². The maximum Gasteiger partial charge on any atom is 0.158 e. The molecule has 0 saturated heterocycles. The van der Waals surface area contributed by atoms with Crippen molar-refractivity contribution in [1.29, 1.82) is 0 Å². The average molecular weight is 360 g/mol. The van der Waals surface area contributed by atoms with Crippen LogP contribution in [0.15, 0.2) is 35.7 Å². The minimum absolute atomic E-state index is 0.331. The summed E-state index contributed by atoms with van der Waals surface area (Å²) in [5, 5.41) is 6.82. The summed E-state index contributed by atoms with van der Waals surface area (Å²) in [6.07, 6.45) is 2.12. The van der Waals surface area contributed by atoms with Crippen LogP contribution in [-0.4, -0.2) is 35.1 Å². The summed E-state index contributed by atoms with van der Waals surface area (Å²) < 4.78 is 5.22. The van der Waals surface area contributed by atoms with Gasteiger partial charge in [0.05, 0.1) is 5.39 Å². The first-order chi connectivity index (χ1) is 11.7. The molecule has 3 rings (SSSR count). The van der Waals surface area contributed by atoms with E-state index in [2.05, 4.69) is 53.1 Å². The second-order valence-electron chi connectivity index (χ2n) is 5.62. The first kappa shape index (κ1) is 17.2. The number of nitrogens with one attached hydrogen (secondary N) is 1. The number of methoxy groups -OCH3 is 1. The number of rotatable bonds is 7. The zero-order chi connectivity index (χ0) is 16.9. The van der Waals surface area contributed by atoms with Gasteiger partial charge in [-0.2, -0.15) is 11.8 Å². The fraction of sp³-hybridized carbons (Fsp3) is 0.333. The Labute approximate surface area is 150 Å². The van der Waals surface area contributed by atoms with Gasteiger partial charge in [-0.25, -0.2) is 9.97 Å². The molecule has 4 nitrogen and oxygen atoms in total. The molecular weight excluding hydrogens is 338 g/mol. The van der Waals surface area contributed by atoms with E-state index < -0.39 is 0 Å². The second-order valence-corrected chi connectivity index (χ2v) is 7.39. The van der Waals surface area contributed by atoms with E-state index in [0.717, 1.165) is 21.8 Å². The lowest BCUT2D eigenvalue weighted by Gasteiger charge is -2.15. The van der Waals surface area contributed by atoms with Crippen LogP contribution in [0.3, 0.4) is 0 Å². The molecule has 0 spiro atoms. The summed E-state index contributed by atoms with van der Waals surface area (Å²) in [4.78, 5) is 10.4. The summed E-state index contributed by atoms with van der Waals surface area (Å²) in [5.74, 6) is 2.63. The highest BCUT2D eigenvalue weighted by molar-refractivity contribution is 7.98. The number of thioether (sulfide) groups is 1. The maximum absolute atomic E-state index is 5.22. The Hall–Kier alpha value is -1.63. The first-order valence-corrected chi connectivity index (χ1v) is 10.1. The van der Waals surface area contributed by atoms with E-state index in [0.29, 0.717) is 18.5 Å². The Morgan fingerprint density at radius 1 is 1.25 bits per heavy atom. The number of ether oxygens (including phenoxy) is 1. The molecule has 1 unspecified atom stereocenters. The molecule has 1 N–H and O–H groups in total. The molecule has 3 aromatic rings. The Kier molecular flexibility index (Phi) is 5.71. The maximum atomic E-state index is 5.22. The molecule has 6 heteroatoms. The number of hydrogen-bond acceptors (Lipinski definition) is 6. The van der Waals surface area contributed by atoms with Crippen molar-refractivity contribution < 1.29 is 4.74 Å². The number of thiophene rings is 1. The minimum Gasteiger partial charge on any atom is -0.377 e. The molecule has 0 fully saturated rings. The fourth-order valence-electron chi connectivity index (χ4n) is 2.64. The molecule has 0 bridgehead atoms. The predicted octanol–water partition coefficient (Wildman–Crippen LogP) is 4.67. The van der Waals surface area contributed by atoms with Gasteiger partial charge in [-0.15, -0.1) is 11.3 Å². The Morgan fingerprint density at radius 2 is 2.04 bits per heavy atom. The topological polar surface area (TPSA) is 47.0 Å². The second kappa shape index (κ2) is 7.96. The zero-order valence-corrected chi connectivity index (χ0v) is 15.7. The van der Waals surface area contributed by atoms with E-state index in [1.807, 2.05) is 17.8 Å². The number of anilines is 1. The average Bonchev–Trinajstić information content (AvgIpc) is 3.00. The van der Waals surface area contributed by atoms with Crippen molar-refractivity contribution in [1.82, 2.24) is 9.97 Å². The van der Waals surface area contributed by atoms with Crippen LogP contribution < -0.4 is 5.32 Å². The molecule has 0 amide bonds. The van der Waals surface area contributed by atoms with Crippen LogP contribution in [0.5, 0.6) is 0 Å². The zero-order valence-electron chi connectivity index (χ0n) is 14.1. The molecule has 2 heterocycles. The molecule has 0 saturated carbocycles. The summed E-state index contributed by atoms with van der Waals surface area (Å²) >= 11 is 3.48. The predicted molar refractivity (Wildman–Crippen MR) is 105 cm³/mol. The van der Waals surface area contributed by atoms with Gasteiger partial charge in [0.2, 0.25) is 0 Å². The number of hydrogen-bond donors (Lipinski definition) is 1. The van der Waals surface area contributed by atoms with Gasteiger partial charge in [-0.1, -0.05) is 30.3 Å². The highest BCUT2D eigenvalue weighted by Crippen LogP contribution is 2.37. The Morgan fingerprint density at radius 3 is 2.75 bits per heavy atom. The van der Waals surface area contributed by atoms with Gasteiger partial charge in [0.1, 0.15) is 17.3 Å². The molecule has 126 valence electrons. The summed E-state index contributed by atoms with van der Waals surface area (Å²) in [5.41, 5.74) is 2.37. The smallest absolute Gasteiger partial charge is 0.158 e. The van der Waals surface area contributed by atoms with Gasteiger partial charge in [0.25, 0.3) is 0 Å². The van der Waals surface area contributed by atoms with Crippen molar-refractivity contribution in [2.45, 2.75) is 19.6 Å². The van der Waals surface area contributed by atoms with Crippen molar-refractivity contribution in [3.8, 4) is 11.1 Å². The monoisotopic (exact) mass is 359 g/mol. The highest BCUT2D eigenvalue weighted by Gasteiger charge is 2.16. The molecule has 0 aliphatic rings. The summed E-state index contributed by atoms with van der Waals surface area (Å²) in [6.45, 7) is 2.59. The van der Waals surface area contributed by atoms with E-state index in [4.69, 9.17) is 9.72 Å². The standard InChI is InChI=1S/C18H21N3OS2/c1-12(10-23-3)19-17-16-14(13-7-5-4-6-8-13)11-24-18(16)21-15(20-17)9-22-2/h4-8,11-12H,9-10H2,1-3H3,(H,19,20,21). The van der Waals surface area contributed by atoms with Crippen molar-refractivity contribution in [2.24, 2.45) is 0 Å². The third-order valence-electron chi connectivity index (χ3n) is 3.64. The first-order valence-electron chi connectivity index (χ1n) is 7.81. The molecular formula is C18H21N3OS2. The third-order valence-corrected chi connectivity index (χ3v) is 5.34. The van der Waals surface area contributed by atoms with Crippen molar-refractivity contribution in [3.05, 3.63) is 41.5 Å². The number of benzene rings is 1. The molecule has 2 aromatic heterocycles. The van der Waals surface area contributed by atoms with Crippen molar-refractivity contribution >= 4 is 39.1 Å². The molecule has 1 aromatic carbocycles. The van der Waals surface area contributed by atoms with Crippen LogP contribution in [-0.2, 0) is 11.3 Å². The quantitative estimate of drug-likeness (QED) is 0.664. The number of aromatic nitrogens is 2. The van der Waals surface area contributed by atoms with Crippen molar-refractivity contribution in [3.63, 3.8) is 0 Å². The largest absolute Gasteiger partial charge is 0.377 e. The van der Waals surface area contributed by atoms with E-state index in [1.54, 1.807) is 18.4 Å². The SMILES string of the molecule is COCc1nc(NC(C)CSC)c2c(-c3ccccc3)csc2n1. The van der Waals surface area contributed by atoms with Gasteiger partial charge >= 0.3 is 0 Å². The van der Waals surface area contributed by atoms with Gasteiger partial charge in [-0.3, -0.25) is 0 Å². The van der Waals surface area contributed by atoms with Crippen LogP contribution in [0.2, 0.25) is 0 Å². The molecule has 0 aliphatic heterocycles. The van der Waals surface area contributed by atoms with Crippen LogP contribution in [0.25, 0.3) is 21.3 Å². The lowest BCUT2D eigenvalue weighted by Crippen LogP contribution is -2.19. The number of nitrogens with zero attached hydrogens (tertiary/aromatic N) is 2. The molecule has 24 heavy (non-hydrogen) atoms. The van der Waals surface area contributed by atoms with Gasteiger partial charge < -0.3 is 10.1 Å². The van der Waals surface area contributed by atoms with Crippen LogP contribution >= 0.6 is 23.1 Å². The molecule has 0 radical (unpaired) electrons. The van der Waals surface area contributed by atoms with E-state index in [9.17, 15) is 0 Å². The molecule has 0 aliphatic carbocycles. The number of fused-ring (bicyclic) bond motifs is 1. The lowest BCUT2D eigenvalue weighted by atomic mass is 10.1. The highest BCUT2D eigenvalue weighted by atomic mass is 32.2. The van der Waals surface area contributed by atoms with Crippen molar-refractivity contribution in [2.75, 3.05) is 24.4 Å². The van der Waals surface area contributed by atoms with Crippen LogP contribution in [0.1, 0.15) is 12.7 Å². The van der Waals surface area contributed by atoms with Crippen LogP contribution in [0.4, 0.5) is 5.82 Å². The van der Waals surface area contributed by atoms with Gasteiger partial charge in [0, 0.05) is 29.8 Å². The summed E-state index contributed by atoms with van der Waals surface area (Å²) in [6, 6.07) is 10.7. The Bertz CT molecular complexity index is 805. The fourth-order valence-corrected chi connectivity index (χ4v) is 4.19.